The van der Waals surface area contributed by atoms with Crippen molar-refractivity contribution in [1.29, 1.82) is 0 Å². The molecule has 0 spiro atoms. The average Bonchev–Trinajstić information content (AvgIpc) is 2.26. The van der Waals surface area contributed by atoms with Gasteiger partial charge in [-0.25, -0.2) is 0 Å². The Bertz CT molecular complexity index is 233. The van der Waals surface area contributed by atoms with Crippen molar-refractivity contribution in [2.24, 2.45) is 0 Å². The maximum absolute atomic E-state index is 11.5. The van der Waals surface area contributed by atoms with Crippen LogP contribution < -0.4 is 0 Å². The zero-order chi connectivity index (χ0) is 8.97. The second-order valence-corrected chi connectivity index (χ2v) is 3.15. The molecule has 1 fully saturated rings. The van der Waals surface area contributed by atoms with Crippen LogP contribution in [0.4, 0.5) is 0 Å². The molecule has 1 aliphatic carbocycles. The summed E-state index contributed by atoms with van der Waals surface area (Å²) in [5.74, 6) is 0.322. The van der Waals surface area contributed by atoms with Gasteiger partial charge in [-0.05, 0) is 38.7 Å². The molecule has 0 saturated heterocycles. The van der Waals surface area contributed by atoms with Gasteiger partial charge in [0.05, 0.1) is 0 Å². The van der Waals surface area contributed by atoms with E-state index in [2.05, 4.69) is 6.08 Å². The Morgan fingerprint density at radius 1 is 1.08 bits per heavy atom. The fourth-order valence-corrected chi connectivity index (χ4v) is 1.70. The molecule has 1 nitrogen and oxygen atoms in total. The normalized spacial score (nSPS) is 26.3. The quantitative estimate of drug-likeness (QED) is 0.397. The Kier molecular flexibility index (Phi) is 3.27. The van der Waals surface area contributed by atoms with E-state index in [-0.39, 0.29) is 0 Å². The Hall–Kier alpha value is -0.850. The molecular weight excluding hydrogens is 148 g/mol. The SMILES string of the molecule is C/C=C1/CCCCC(=O)/C1=C/C. The summed E-state index contributed by atoms with van der Waals surface area (Å²) >= 11 is 0. The van der Waals surface area contributed by atoms with E-state index in [1.165, 1.54) is 5.57 Å². The first kappa shape index (κ1) is 9.24. The van der Waals surface area contributed by atoms with Gasteiger partial charge in [0.15, 0.2) is 5.78 Å². The minimum Gasteiger partial charge on any atom is -0.294 e. The van der Waals surface area contributed by atoms with E-state index < -0.39 is 0 Å². The summed E-state index contributed by atoms with van der Waals surface area (Å²) in [6.45, 7) is 3.96. The lowest BCUT2D eigenvalue weighted by atomic mass is 10.0. The first-order valence-electron chi connectivity index (χ1n) is 4.64. The third-order valence-electron chi connectivity index (χ3n) is 2.38. The van der Waals surface area contributed by atoms with Gasteiger partial charge in [-0.3, -0.25) is 4.79 Å². The van der Waals surface area contributed by atoms with E-state index in [9.17, 15) is 4.79 Å². The van der Waals surface area contributed by atoms with Crippen LogP contribution >= 0.6 is 0 Å². The standard InChI is InChI=1S/C11H16O/c1-3-9-7-5-6-8-11(12)10(9)4-2/h3-4H,5-8H2,1-2H3/b9-3-,10-4+. The zero-order valence-corrected chi connectivity index (χ0v) is 7.89. The lowest BCUT2D eigenvalue weighted by molar-refractivity contribution is -0.115. The Morgan fingerprint density at radius 2 is 1.75 bits per heavy atom. The number of Topliss-reactive ketones (excluding diaryl/α,β-unsaturated/α-hetero) is 1. The van der Waals surface area contributed by atoms with Gasteiger partial charge in [0.2, 0.25) is 0 Å². The minimum absolute atomic E-state index is 0.322. The van der Waals surface area contributed by atoms with E-state index >= 15 is 0 Å². The molecule has 0 unspecified atom stereocenters. The van der Waals surface area contributed by atoms with Crippen molar-refractivity contribution in [3.8, 4) is 0 Å². The highest BCUT2D eigenvalue weighted by Gasteiger charge is 2.15. The third-order valence-corrected chi connectivity index (χ3v) is 2.38. The monoisotopic (exact) mass is 164 g/mol. The molecule has 1 heteroatoms. The second-order valence-electron chi connectivity index (χ2n) is 3.15. The first-order chi connectivity index (χ1) is 5.79. The van der Waals surface area contributed by atoms with Gasteiger partial charge in [0.25, 0.3) is 0 Å². The van der Waals surface area contributed by atoms with Gasteiger partial charge >= 0.3 is 0 Å². The third kappa shape index (κ3) is 1.84. The molecule has 1 rings (SSSR count). The van der Waals surface area contributed by atoms with Crippen molar-refractivity contribution < 1.29 is 4.79 Å². The number of carbonyl (C=O) groups is 1. The molecule has 0 radical (unpaired) electrons. The molecule has 0 atom stereocenters. The molecule has 0 heterocycles. The van der Waals surface area contributed by atoms with Crippen LogP contribution in [0.3, 0.4) is 0 Å². The van der Waals surface area contributed by atoms with Gasteiger partial charge in [0.1, 0.15) is 0 Å². The summed E-state index contributed by atoms with van der Waals surface area (Å²) in [6.07, 6.45) is 8.02. The van der Waals surface area contributed by atoms with Crippen LogP contribution in [0.1, 0.15) is 39.5 Å². The fraction of sp³-hybridized carbons (Fsp3) is 0.545. The molecular formula is C11H16O. The Labute approximate surface area is 74.2 Å². The summed E-state index contributed by atoms with van der Waals surface area (Å²) in [4.78, 5) is 11.5. The topological polar surface area (TPSA) is 17.1 Å². The molecule has 1 aliphatic rings. The maximum atomic E-state index is 11.5. The van der Waals surface area contributed by atoms with Gasteiger partial charge in [-0.2, -0.15) is 0 Å². The summed E-state index contributed by atoms with van der Waals surface area (Å²) in [7, 11) is 0. The van der Waals surface area contributed by atoms with Gasteiger partial charge in [-0.15, -0.1) is 0 Å². The molecule has 0 aromatic carbocycles. The Balaban J connectivity index is 2.93. The van der Waals surface area contributed by atoms with E-state index in [1.54, 1.807) is 0 Å². The molecule has 0 amide bonds. The smallest absolute Gasteiger partial charge is 0.162 e. The Morgan fingerprint density at radius 3 is 2.33 bits per heavy atom. The number of hydrogen-bond acceptors (Lipinski definition) is 1. The number of hydrogen-bond donors (Lipinski definition) is 0. The van der Waals surface area contributed by atoms with Crippen molar-refractivity contribution >= 4 is 5.78 Å². The van der Waals surface area contributed by atoms with Crippen molar-refractivity contribution in [3.63, 3.8) is 0 Å². The molecule has 0 aromatic rings. The van der Waals surface area contributed by atoms with Crippen LogP contribution in [-0.4, -0.2) is 5.78 Å². The average molecular weight is 164 g/mol. The van der Waals surface area contributed by atoms with Crippen molar-refractivity contribution in [3.05, 3.63) is 23.3 Å². The lowest BCUT2D eigenvalue weighted by Gasteiger charge is -2.04. The molecule has 66 valence electrons. The maximum Gasteiger partial charge on any atom is 0.162 e. The van der Waals surface area contributed by atoms with Gasteiger partial charge in [0, 0.05) is 12.0 Å². The van der Waals surface area contributed by atoms with Crippen LogP contribution in [0, 0.1) is 0 Å². The van der Waals surface area contributed by atoms with Crippen molar-refractivity contribution in [1.82, 2.24) is 0 Å². The highest BCUT2D eigenvalue weighted by molar-refractivity contribution is 5.99. The van der Waals surface area contributed by atoms with Crippen LogP contribution in [0.2, 0.25) is 0 Å². The van der Waals surface area contributed by atoms with Crippen molar-refractivity contribution in [2.75, 3.05) is 0 Å². The number of carbonyl (C=O) groups excluding carboxylic acids is 1. The van der Waals surface area contributed by atoms with Crippen LogP contribution in [0.15, 0.2) is 23.3 Å². The highest BCUT2D eigenvalue weighted by atomic mass is 16.1. The van der Waals surface area contributed by atoms with Crippen LogP contribution in [0.25, 0.3) is 0 Å². The van der Waals surface area contributed by atoms with E-state index in [1.807, 2.05) is 19.9 Å². The van der Waals surface area contributed by atoms with Gasteiger partial charge in [-0.1, -0.05) is 12.2 Å². The molecule has 1 saturated carbocycles. The first-order valence-corrected chi connectivity index (χ1v) is 4.64. The number of rotatable bonds is 0. The van der Waals surface area contributed by atoms with E-state index in [0.717, 1.165) is 31.3 Å². The summed E-state index contributed by atoms with van der Waals surface area (Å²) in [5.41, 5.74) is 2.19. The summed E-state index contributed by atoms with van der Waals surface area (Å²) in [6, 6.07) is 0. The molecule has 0 bridgehead atoms. The fourth-order valence-electron chi connectivity index (χ4n) is 1.70. The predicted molar refractivity (Wildman–Crippen MR) is 51.0 cm³/mol. The second kappa shape index (κ2) is 4.24. The molecule has 0 aromatic heterocycles. The molecule has 0 N–H and O–H groups in total. The number of allylic oxidation sites excluding steroid dienone is 4. The summed E-state index contributed by atoms with van der Waals surface area (Å²) in [5, 5.41) is 0. The zero-order valence-electron chi connectivity index (χ0n) is 7.89. The van der Waals surface area contributed by atoms with Crippen molar-refractivity contribution in [2.45, 2.75) is 39.5 Å². The van der Waals surface area contributed by atoms with Gasteiger partial charge < -0.3 is 0 Å². The van der Waals surface area contributed by atoms with Crippen LogP contribution in [0.5, 0.6) is 0 Å². The van der Waals surface area contributed by atoms with E-state index in [0.29, 0.717) is 5.78 Å². The molecule has 0 aliphatic heterocycles. The largest absolute Gasteiger partial charge is 0.294 e. The predicted octanol–water partition coefficient (Wildman–Crippen LogP) is 3.02. The lowest BCUT2D eigenvalue weighted by Crippen LogP contribution is -2.01. The molecule has 12 heavy (non-hydrogen) atoms. The number of ketones is 1. The van der Waals surface area contributed by atoms with Crippen LogP contribution in [-0.2, 0) is 4.79 Å². The highest BCUT2D eigenvalue weighted by Crippen LogP contribution is 2.24. The van der Waals surface area contributed by atoms with E-state index in [4.69, 9.17) is 0 Å². The minimum atomic E-state index is 0.322. The summed E-state index contributed by atoms with van der Waals surface area (Å²) < 4.78 is 0.